The van der Waals surface area contributed by atoms with E-state index < -0.39 is 0 Å². The summed E-state index contributed by atoms with van der Waals surface area (Å²) in [5.74, 6) is -0.0846. The zero-order chi connectivity index (χ0) is 11.4. The number of hydrogen-bond acceptors (Lipinski definition) is 2. The summed E-state index contributed by atoms with van der Waals surface area (Å²) in [7, 11) is 0. The summed E-state index contributed by atoms with van der Waals surface area (Å²) in [6, 6.07) is 5.60. The van der Waals surface area contributed by atoms with Crippen molar-refractivity contribution in [3.8, 4) is 0 Å². The fraction of sp³-hybridized carbons (Fsp3) is 0.500. The summed E-state index contributed by atoms with van der Waals surface area (Å²) in [6.07, 6.45) is 5.52. The van der Waals surface area contributed by atoms with E-state index in [4.69, 9.17) is 11.6 Å². The van der Waals surface area contributed by atoms with Crippen molar-refractivity contribution >= 4 is 17.5 Å². The number of carbonyl (C=O) groups is 1. The Morgan fingerprint density at radius 1 is 1.31 bits per heavy atom. The van der Waals surface area contributed by atoms with Crippen LogP contribution in [0.4, 0.5) is 0 Å². The number of amides is 1. The Bertz CT molecular complexity index is 347. The average Bonchev–Trinajstić information content (AvgIpc) is 2.33. The second kappa shape index (κ2) is 5.30. The highest BCUT2D eigenvalue weighted by molar-refractivity contribution is 6.20. The van der Waals surface area contributed by atoms with E-state index in [0.717, 1.165) is 25.7 Å². The van der Waals surface area contributed by atoms with E-state index in [2.05, 4.69) is 10.3 Å². The van der Waals surface area contributed by atoms with Gasteiger partial charge in [0.1, 0.15) is 5.69 Å². The second-order valence-corrected chi connectivity index (χ2v) is 4.75. The monoisotopic (exact) mass is 238 g/mol. The van der Waals surface area contributed by atoms with Gasteiger partial charge in [0.15, 0.2) is 0 Å². The highest BCUT2D eigenvalue weighted by Crippen LogP contribution is 2.22. The first-order valence-electron chi connectivity index (χ1n) is 5.61. The summed E-state index contributed by atoms with van der Waals surface area (Å²) in [4.78, 5) is 15.8. The lowest BCUT2D eigenvalue weighted by molar-refractivity contribution is 0.0923. The van der Waals surface area contributed by atoms with Crippen LogP contribution in [0.1, 0.15) is 36.2 Å². The number of nitrogens with zero attached hydrogens (tertiary/aromatic N) is 1. The van der Waals surface area contributed by atoms with Crippen LogP contribution in [0.3, 0.4) is 0 Å². The molecule has 1 amide bonds. The minimum Gasteiger partial charge on any atom is -0.348 e. The predicted octanol–water partition coefficient (Wildman–Crippen LogP) is 2.36. The minimum atomic E-state index is -0.0846. The quantitative estimate of drug-likeness (QED) is 0.804. The Hall–Kier alpha value is -1.09. The van der Waals surface area contributed by atoms with Gasteiger partial charge in [-0.2, -0.15) is 0 Å². The number of pyridine rings is 1. The van der Waals surface area contributed by atoms with Gasteiger partial charge in [-0.1, -0.05) is 6.07 Å². The van der Waals surface area contributed by atoms with Crippen molar-refractivity contribution in [2.75, 3.05) is 0 Å². The van der Waals surface area contributed by atoms with Crippen molar-refractivity contribution in [2.45, 2.75) is 37.1 Å². The fourth-order valence-electron chi connectivity index (χ4n) is 1.95. The molecule has 86 valence electrons. The Labute approximate surface area is 100 Å². The predicted molar refractivity (Wildman–Crippen MR) is 63.6 cm³/mol. The van der Waals surface area contributed by atoms with E-state index >= 15 is 0 Å². The summed E-state index contributed by atoms with van der Waals surface area (Å²) >= 11 is 6.01. The van der Waals surface area contributed by atoms with Crippen molar-refractivity contribution in [1.29, 1.82) is 0 Å². The van der Waals surface area contributed by atoms with Gasteiger partial charge in [-0.15, -0.1) is 11.6 Å². The Kier molecular flexibility index (Phi) is 3.78. The lowest BCUT2D eigenvalue weighted by Crippen LogP contribution is -2.38. The van der Waals surface area contributed by atoms with Crippen molar-refractivity contribution < 1.29 is 4.79 Å². The minimum absolute atomic E-state index is 0.0846. The van der Waals surface area contributed by atoms with Crippen molar-refractivity contribution in [3.05, 3.63) is 30.1 Å². The lowest BCUT2D eigenvalue weighted by Gasteiger charge is -2.25. The summed E-state index contributed by atoms with van der Waals surface area (Å²) in [5, 5.41) is 3.28. The molecule has 0 aliphatic heterocycles. The molecule has 0 spiro atoms. The molecule has 1 heterocycles. The normalized spacial score (nSPS) is 25.1. The molecular weight excluding hydrogens is 224 g/mol. The number of rotatable bonds is 2. The highest BCUT2D eigenvalue weighted by Gasteiger charge is 2.21. The van der Waals surface area contributed by atoms with Gasteiger partial charge in [-0.05, 0) is 37.8 Å². The van der Waals surface area contributed by atoms with Crippen LogP contribution in [-0.2, 0) is 0 Å². The molecule has 0 aromatic carbocycles. The largest absolute Gasteiger partial charge is 0.348 e. The zero-order valence-electron chi connectivity index (χ0n) is 9.03. The smallest absolute Gasteiger partial charge is 0.270 e. The van der Waals surface area contributed by atoms with Crippen LogP contribution in [0.15, 0.2) is 24.4 Å². The van der Waals surface area contributed by atoms with Crippen molar-refractivity contribution in [1.82, 2.24) is 10.3 Å². The van der Waals surface area contributed by atoms with Crippen LogP contribution in [0.25, 0.3) is 0 Å². The van der Waals surface area contributed by atoms with E-state index in [9.17, 15) is 4.79 Å². The fourth-order valence-corrected chi connectivity index (χ4v) is 2.21. The topological polar surface area (TPSA) is 42.0 Å². The summed E-state index contributed by atoms with van der Waals surface area (Å²) in [5.41, 5.74) is 0.482. The molecule has 1 aromatic rings. The van der Waals surface area contributed by atoms with E-state index in [0.29, 0.717) is 5.69 Å². The van der Waals surface area contributed by atoms with Crippen LogP contribution in [0.2, 0.25) is 0 Å². The molecular formula is C12H15ClN2O. The first-order chi connectivity index (χ1) is 7.75. The third kappa shape index (κ3) is 2.95. The maximum Gasteiger partial charge on any atom is 0.270 e. The molecule has 1 aliphatic carbocycles. The van der Waals surface area contributed by atoms with Crippen LogP contribution in [-0.4, -0.2) is 22.3 Å². The molecule has 0 saturated heterocycles. The van der Waals surface area contributed by atoms with Gasteiger partial charge in [0.2, 0.25) is 0 Å². The maximum atomic E-state index is 11.8. The van der Waals surface area contributed by atoms with Crippen LogP contribution < -0.4 is 5.32 Å². The molecule has 1 saturated carbocycles. The molecule has 0 unspecified atom stereocenters. The molecule has 1 N–H and O–H groups in total. The Morgan fingerprint density at radius 2 is 2.06 bits per heavy atom. The van der Waals surface area contributed by atoms with E-state index in [1.807, 2.05) is 6.07 Å². The van der Waals surface area contributed by atoms with Gasteiger partial charge in [0.05, 0.1) is 0 Å². The van der Waals surface area contributed by atoms with E-state index in [1.165, 1.54) is 0 Å². The SMILES string of the molecule is O=C(NC1CCC(Cl)CC1)c1ccccn1. The number of alkyl halides is 1. The molecule has 1 aromatic heterocycles. The average molecular weight is 239 g/mol. The van der Waals surface area contributed by atoms with Gasteiger partial charge in [0, 0.05) is 17.6 Å². The zero-order valence-corrected chi connectivity index (χ0v) is 9.78. The van der Waals surface area contributed by atoms with Crippen molar-refractivity contribution in [3.63, 3.8) is 0 Å². The molecule has 2 rings (SSSR count). The molecule has 4 heteroatoms. The Morgan fingerprint density at radius 3 is 2.69 bits per heavy atom. The van der Waals surface area contributed by atoms with Crippen LogP contribution in [0.5, 0.6) is 0 Å². The third-order valence-corrected chi connectivity index (χ3v) is 3.33. The first kappa shape index (κ1) is 11.4. The lowest BCUT2D eigenvalue weighted by atomic mass is 9.95. The molecule has 0 radical (unpaired) electrons. The first-order valence-corrected chi connectivity index (χ1v) is 6.05. The number of hydrogen-bond donors (Lipinski definition) is 1. The van der Waals surface area contributed by atoms with Gasteiger partial charge < -0.3 is 5.32 Å². The van der Waals surface area contributed by atoms with Gasteiger partial charge in [-0.3, -0.25) is 9.78 Å². The van der Waals surface area contributed by atoms with Crippen LogP contribution >= 0.6 is 11.6 Å². The van der Waals surface area contributed by atoms with Crippen LogP contribution in [0, 0.1) is 0 Å². The molecule has 1 aliphatic rings. The van der Waals surface area contributed by atoms with E-state index in [1.54, 1.807) is 18.3 Å². The third-order valence-electron chi connectivity index (χ3n) is 2.89. The van der Waals surface area contributed by atoms with E-state index in [-0.39, 0.29) is 17.3 Å². The molecule has 1 fully saturated rings. The second-order valence-electron chi connectivity index (χ2n) is 4.14. The Balaban J connectivity index is 1.88. The number of aromatic nitrogens is 1. The summed E-state index contributed by atoms with van der Waals surface area (Å²) < 4.78 is 0. The number of nitrogens with one attached hydrogen (secondary N) is 1. The van der Waals surface area contributed by atoms with Crippen molar-refractivity contribution in [2.24, 2.45) is 0 Å². The summed E-state index contributed by atoms with van der Waals surface area (Å²) in [6.45, 7) is 0. The molecule has 0 atom stereocenters. The number of carbonyl (C=O) groups excluding carboxylic acids is 1. The standard InChI is InChI=1S/C12H15ClN2O/c13-9-4-6-10(7-5-9)15-12(16)11-3-1-2-8-14-11/h1-3,8-10H,4-7H2,(H,15,16). The molecule has 3 nitrogen and oxygen atoms in total. The highest BCUT2D eigenvalue weighted by atomic mass is 35.5. The van der Waals surface area contributed by atoms with Gasteiger partial charge in [-0.25, -0.2) is 0 Å². The molecule has 0 bridgehead atoms. The van der Waals surface area contributed by atoms with Gasteiger partial charge in [0.25, 0.3) is 5.91 Å². The van der Waals surface area contributed by atoms with Gasteiger partial charge >= 0.3 is 0 Å². The number of halogens is 1. The molecule has 16 heavy (non-hydrogen) atoms. The maximum absolute atomic E-state index is 11.8.